The molecule has 2 unspecified atom stereocenters. The van der Waals surface area contributed by atoms with E-state index in [0.717, 1.165) is 29.2 Å². The zero-order valence-corrected chi connectivity index (χ0v) is 17.7. The second-order valence-electron chi connectivity index (χ2n) is 7.76. The number of carbonyl (C=O) groups is 2. The van der Waals surface area contributed by atoms with E-state index in [0.29, 0.717) is 35.4 Å². The second kappa shape index (κ2) is 8.59. The van der Waals surface area contributed by atoms with Gasteiger partial charge in [-0.1, -0.05) is 30.8 Å². The molecule has 0 saturated carbocycles. The summed E-state index contributed by atoms with van der Waals surface area (Å²) in [5.74, 6) is -0.232. The smallest absolute Gasteiger partial charge is 0.256 e. The molecule has 1 fully saturated rings. The molecule has 4 rings (SSSR count). The molecule has 29 heavy (non-hydrogen) atoms. The number of hydrogen-bond acceptors (Lipinski definition) is 4. The van der Waals surface area contributed by atoms with Crippen LogP contribution in [0.15, 0.2) is 52.3 Å². The minimum atomic E-state index is -0.139. The molecule has 0 aliphatic carbocycles. The lowest BCUT2D eigenvalue weighted by Gasteiger charge is -2.30. The van der Waals surface area contributed by atoms with E-state index < -0.39 is 0 Å². The highest BCUT2D eigenvalue weighted by Gasteiger charge is 2.28. The van der Waals surface area contributed by atoms with Gasteiger partial charge in [-0.2, -0.15) is 0 Å². The lowest BCUT2D eigenvalue weighted by atomic mass is 10.1. The average molecular weight is 410 g/mol. The second-order valence-corrected chi connectivity index (χ2v) is 8.85. The van der Waals surface area contributed by atoms with Gasteiger partial charge in [0.1, 0.15) is 0 Å². The fourth-order valence-corrected chi connectivity index (χ4v) is 5.12. The molecular formula is C23H27N3O2S. The van der Waals surface area contributed by atoms with Crippen molar-refractivity contribution in [2.75, 3.05) is 18.4 Å². The number of anilines is 1. The van der Waals surface area contributed by atoms with Gasteiger partial charge in [0.25, 0.3) is 11.8 Å². The first kappa shape index (κ1) is 20.0. The standard InChI is InChI=1S/C23H27N3O2S/c1-3-15(2)26-12-6-7-17(26)14-24-22(27)16-10-11-21-19(13-16)25-23(28)18-8-4-5-9-20(18)29-21/h4-5,8-11,13,15,17H,3,6-7,12,14H2,1-2H3,(H,24,27)(H,25,28). The Labute approximate surface area is 176 Å². The van der Waals surface area contributed by atoms with Crippen molar-refractivity contribution >= 4 is 29.3 Å². The Balaban J connectivity index is 1.46. The van der Waals surface area contributed by atoms with Crippen molar-refractivity contribution in [3.8, 4) is 0 Å². The van der Waals surface area contributed by atoms with E-state index in [-0.39, 0.29) is 11.8 Å². The van der Waals surface area contributed by atoms with Crippen molar-refractivity contribution in [1.82, 2.24) is 10.2 Å². The Bertz CT molecular complexity index is 930. The van der Waals surface area contributed by atoms with Gasteiger partial charge in [-0.3, -0.25) is 14.5 Å². The van der Waals surface area contributed by atoms with E-state index in [9.17, 15) is 9.59 Å². The molecule has 2 aromatic carbocycles. The number of fused-ring (bicyclic) bond motifs is 2. The molecule has 6 heteroatoms. The maximum absolute atomic E-state index is 12.8. The third kappa shape index (κ3) is 4.19. The number of nitrogens with one attached hydrogen (secondary N) is 2. The zero-order chi connectivity index (χ0) is 20.4. The number of nitrogens with zero attached hydrogens (tertiary/aromatic N) is 1. The normalized spacial score (nSPS) is 19.7. The van der Waals surface area contributed by atoms with Gasteiger partial charge in [-0.25, -0.2) is 0 Å². The molecule has 2 atom stereocenters. The van der Waals surface area contributed by atoms with Crippen LogP contribution in [-0.2, 0) is 0 Å². The summed E-state index contributed by atoms with van der Waals surface area (Å²) in [6, 6.07) is 14.0. The Morgan fingerprint density at radius 2 is 2.10 bits per heavy atom. The predicted molar refractivity (Wildman–Crippen MR) is 117 cm³/mol. The summed E-state index contributed by atoms with van der Waals surface area (Å²) in [4.78, 5) is 29.7. The minimum absolute atomic E-state index is 0.0928. The molecule has 2 aliphatic rings. The van der Waals surface area contributed by atoms with Gasteiger partial charge in [0, 0.05) is 34.0 Å². The van der Waals surface area contributed by atoms with Gasteiger partial charge >= 0.3 is 0 Å². The van der Waals surface area contributed by atoms with Crippen LogP contribution in [-0.4, -0.2) is 41.9 Å². The predicted octanol–water partition coefficient (Wildman–Crippen LogP) is 4.40. The molecule has 2 aliphatic heterocycles. The van der Waals surface area contributed by atoms with E-state index in [1.807, 2.05) is 36.4 Å². The average Bonchev–Trinajstić information content (AvgIpc) is 3.16. The monoisotopic (exact) mass is 409 g/mol. The van der Waals surface area contributed by atoms with Crippen LogP contribution in [0.1, 0.15) is 53.8 Å². The molecule has 2 amide bonds. The SMILES string of the molecule is CCC(C)N1CCCC1CNC(=O)c1ccc2c(c1)NC(=O)c1ccccc1S2. The Morgan fingerprint density at radius 1 is 1.28 bits per heavy atom. The lowest BCUT2D eigenvalue weighted by Crippen LogP contribution is -2.44. The summed E-state index contributed by atoms with van der Waals surface area (Å²) in [7, 11) is 0. The van der Waals surface area contributed by atoms with E-state index >= 15 is 0 Å². The van der Waals surface area contributed by atoms with Gasteiger partial charge in [0.15, 0.2) is 0 Å². The molecule has 0 aromatic heterocycles. The van der Waals surface area contributed by atoms with Crippen LogP contribution in [0.5, 0.6) is 0 Å². The molecule has 0 spiro atoms. The first-order valence-corrected chi connectivity index (χ1v) is 11.1. The number of amides is 2. The van der Waals surface area contributed by atoms with Crippen molar-refractivity contribution in [2.45, 2.75) is 55.0 Å². The summed E-state index contributed by atoms with van der Waals surface area (Å²) in [5, 5.41) is 6.05. The summed E-state index contributed by atoms with van der Waals surface area (Å²) in [5.41, 5.74) is 1.92. The summed E-state index contributed by atoms with van der Waals surface area (Å²) >= 11 is 1.55. The first-order valence-electron chi connectivity index (χ1n) is 10.3. The summed E-state index contributed by atoms with van der Waals surface area (Å²) < 4.78 is 0. The first-order chi connectivity index (χ1) is 14.1. The van der Waals surface area contributed by atoms with Crippen LogP contribution < -0.4 is 10.6 Å². The van der Waals surface area contributed by atoms with Crippen molar-refractivity contribution in [1.29, 1.82) is 0 Å². The van der Waals surface area contributed by atoms with Crippen molar-refractivity contribution in [3.63, 3.8) is 0 Å². The number of benzene rings is 2. The van der Waals surface area contributed by atoms with E-state index in [1.165, 1.54) is 6.42 Å². The van der Waals surface area contributed by atoms with Crippen LogP contribution >= 0.6 is 11.8 Å². The maximum Gasteiger partial charge on any atom is 0.256 e. The molecule has 2 heterocycles. The van der Waals surface area contributed by atoms with E-state index in [2.05, 4.69) is 29.4 Å². The van der Waals surface area contributed by atoms with Gasteiger partial charge in [0.2, 0.25) is 0 Å². The topological polar surface area (TPSA) is 61.4 Å². The van der Waals surface area contributed by atoms with Crippen LogP contribution in [0.2, 0.25) is 0 Å². The fourth-order valence-electron chi connectivity index (χ4n) is 4.11. The van der Waals surface area contributed by atoms with Crippen LogP contribution in [0.25, 0.3) is 0 Å². The van der Waals surface area contributed by atoms with Gasteiger partial charge in [0.05, 0.1) is 11.3 Å². The number of rotatable bonds is 5. The van der Waals surface area contributed by atoms with Crippen molar-refractivity contribution < 1.29 is 9.59 Å². The van der Waals surface area contributed by atoms with Gasteiger partial charge in [-0.15, -0.1) is 0 Å². The third-order valence-electron chi connectivity index (χ3n) is 5.92. The Kier molecular flexibility index (Phi) is 5.92. The van der Waals surface area contributed by atoms with E-state index in [1.54, 1.807) is 17.8 Å². The minimum Gasteiger partial charge on any atom is -0.350 e. The zero-order valence-electron chi connectivity index (χ0n) is 16.9. The molecule has 2 N–H and O–H groups in total. The summed E-state index contributed by atoms with van der Waals surface area (Å²) in [6.07, 6.45) is 3.43. The highest BCUT2D eigenvalue weighted by Crippen LogP contribution is 2.39. The van der Waals surface area contributed by atoms with Crippen LogP contribution in [0, 0.1) is 0 Å². The fraction of sp³-hybridized carbons (Fsp3) is 0.391. The molecule has 1 saturated heterocycles. The number of carbonyl (C=O) groups excluding carboxylic acids is 2. The molecule has 5 nitrogen and oxygen atoms in total. The Hall–Kier alpha value is -2.31. The molecule has 152 valence electrons. The maximum atomic E-state index is 12.8. The lowest BCUT2D eigenvalue weighted by molar-refractivity contribution is 0.0932. The van der Waals surface area contributed by atoms with E-state index in [4.69, 9.17) is 0 Å². The molecular weight excluding hydrogens is 382 g/mol. The number of hydrogen-bond donors (Lipinski definition) is 2. The summed E-state index contributed by atoms with van der Waals surface area (Å²) in [6.45, 7) is 6.23. The van der Waals surface area contributed by atoms with Gasteiger partial charge in [-0.05, 0) is 63.1 Å². The number of likely N-dealkylation sites (tertiary alicyclic amines) is 1. The Morgan fingerprint density at radius 3 is 2.93 bits per heavy atom. The van der Waals surface area contributed by atoms with Crippen LogP contribution in [0.3, 0.4) is 0 Å². The molecule has 2 aromatic rings. The van der Waals surface area contributed by atoms with Crippen LogP contribution in [0.4, 0.5) is 5.69 Å². The van der Waals surface area contributed by atoms with Crippen molar-refractivity contribution in [3.05, 3.63) is 53.6 Å². The van der Waals surface area contributed by atoms with Crippen molar-refractivity contribution in [2.24, 2.45) is 0 Å². The van der Waals surface area contributed by atoms with Gasteiger partial charge < -0.3 is 10.6 Å². The largest absolute Gasteiger partial charge is 0.350 e. The molecule has 0 bridgehead atoms. The highest BCUT2D eigenvalue weighted by atomic mass is 32.2. The third-order valence-corrected chi connectivity index (χ3v) is 7.07. The quantitative estimate of drug-likeness (QED) is 0.769. The highest BCUT2D eigenvalue weighted by molar-refractivity contribution is 7.99. The molecule has 0 radical (unpaired) electrons.